The number of anilines is 5. The molecule has 10 heteroatoms. The van der Waals surface area contributed by atoms with Crippen molar-refractivity contribution in [3.63, 3.8) is 0 Å². The zero-order valence-corrected chi connectivity index (χ0v) is 23.3. The van der Waals surface area contributed by atoms with Crippen molar-refractivity contribution in [2.24, 2.45) is 5.41 Å². The SMILES string of the molecule is CCOc1cc(NCC(C)(C)CN(C)C)ccc1Nc1ncc(Cl)c(Nc2ccccc2SNC)n1. The molecule has 0 amide bonds. The molecule has 8 nitrogen and oxygen atoms in total. The number of aromatic nitrogens is 2. The largest absolute Gasteiger partial charge is 0.492 e. The fourth-order valence-electron chi connectivity index (χ4n) is 3.80. The third-order valence-corrected chi connectivity index (χ3v) is 6.20. The number of para-hydroxylation sites is 1. The number of halogens is 1. The summed E-state index contributed by atoms with van der Waals surface area (Å²) in [4.78, 5) is 12.2. The van der Waals surface area contributed by atoms with E-state index in [9.17, 15) is 0 Å². The van der Waals surface area contributed by atoms with Gasteiger partial charge in [0.1, 0.15) is 10.8 Å². The second-order valence-electron chi connectivity index (χ2n) is 9.34. The van der Waals surface area contributed by atoms with Crippen molar-refractivity contribution in [3.05, 3.63) is 53.7 Å². The van der Waals surface area contributed by atoms with Crippen molar-refractivity contribution in [1.82, 2.24) is 19.6 Å². The van der Waals surface area contributed by atoms with Gasteiger partial charge in [-0.2, -0.15) is 4.98 Å². The van der Waals surface area contributed by atoms with E-state index in [-0.39, 0.29) is 5.41 Å². The Morgan fingerprint density at radius 3 is 2.58 bits per heavy atom. The van der Waals surface area contributed by atoms with Crippen LogP contribution in [0.15, 0.2) is 53.6 Å². The summed E-state index contributed by atoms with van der Waals surface area (Å²) < 4.78 is 9.02. The Morgan fingerprint density at radius 1 is 1.08 bits per heavy atom. The van der Waals surface area contributed by atoms with E-state index in [1.807, 2.05) is 56.4 Å². The van der Waals surface area contributed by atoms with Crippen LogP contribution >= 0.6 is 23.5 Å². The molecule has 0 fully saturated rings. The summed E-state index contributed by atoms with van der Waals surface area (Å²) in [5.41, 5.74) is 2.78. The van der Waals surface area contributed by atoms with Crippen molar-refractivity contribution in [2.75, 3.05) is 56.8 Å². The summed E-state index contributed by atoms with van der Waals surface area (Å²) in [7, 11) is 6.06. The monoisotopic (exact) mass is 529 g/mol. The van der Waals surface area contributed by atoms with Gasteiger partial charge in [-0.25, -0.2) is 4.98 Å². The second kappa shape index (κ2) is 13.0. The Hall–Kier alpha value is -2.72. The van der Waals surface area contributed by atoms with Crippen LogP contribution in [0.4, 0.5) is 28.8 Å². The Bertz CT molecular complexity index is 1140. The van der Waals surface area contributed by atoms with Gasteiger partial charge in [-0.1, -0.05) is 37.6 Å². The van der Waals surface area contributed by atoms with Crippen molar-refractivity contribution < 1.29 is 4.74 Å². The first-order chi connectivity index (χ1) is 17.2. The van der Waals surface area contributed by atoms with E-state index in [1.165, 1.54) is 11.9 Å². The van der Waals surface area contributed by atoms with Gasteiger partial charge in [0.25, 0.3) is 0 Å². The molecular formula is C26H36ClN7OS. The maximum atomic E-state index is 6.41. The summed E-state index contributed by atoms with van der Waals surface area (Å²) in [5.74, 6) is 1.64. The van der Waals surface area contributed by atoms with E-state index in [4.69, 9.17) is 16.3 Å². The topological polar surface area (TPSA) is 86.4 Å². The lowest BCUT2D eigenvalue weighted by Gasteiger charge is -2.29. The Labute approximate surface area is 223 Å². The fourth-order valence-corrected chi connectivity index (χ4v) is 4.53. The average Bonchev–Trinajstić information content (AvgIpc) is 2.82. The van der Waals surface area contributed by atoms with Gasteiger partial charge in [0.2, 0.25) is 5.95 Å². The molecule has 2 aromatic carbocycles. The molecule has 36 heavy (non-hydrogen) atoms. The van der Waals surface area contributed by atoms with Crippen LogP contribution in [-0.4, -0.2) is 55.7 Å². The van der Waals surface area contributed by atoms with Crippen LogP contribution in [0.1, 0.15) is 20.8 Å². The predicted octanol–water partition coefficient (Wildman–Crippen LogP) is 6.24. The van der Waals surface area contributed by atoms with Crippen LogP contribution < -0.4 is 25.4 Å². The maximum Gasteiger partial charge on any atom is 0.229 e. The van der Waals surface area contributed by atoms with Crippen LogP contribution in [0.3, 0.4) is 0 Å². The maximum absolute atomic E-state index is 6.41. The van der Waals surface area contributed by atoms with E-state index in [0.717, 1.165) is 40.8 Å². The van der Waals surface area contributed by atoms with Crippen LogP contribution in [0, 0.1) is 5.41 Å². The van der Waals surface area contributed by atoms with Gasteiger partial charge in [0, 0.05) is 29.7 Å². The molecule has 0 radical (unpaired) electrons. The molecule has 0 spiro atoms. The minimum Gasteiger partial charge on any atom is -0.492 e. The van der Waals surface area contributed by atoms with Gasteiger partial charge < -0.3 is 25.6 Å². The predicted molar refractivity (Wildman–Crippen MR) is 153 cm³/mol. The highest BCUT2D eigenvalue weighted by molar-refractivity contribution is 7.97. The lowest BCUT2D eigenvalue weighted by molar-refractivity contribution is 0.254. The molecule has 0 bridgehead atoms. The Kier molecular flexibility index (Phi) is 10.1. The number of ether oxygens (including phenoxy) is 1. The molecule has 0 saturated carbocycles. The van der Waals surface area contributed by atoms with E-state index >= 15 is 0 Å². The standard InChI is InChI=1S/C26H36ClN7OS/c1-7-35-22-14-18(30-16-26(2,3)17-34(5)6)12-13-20(22)32-25-29-15-19(27)24(33-25)31-21-10-8-9-11-23(21)36-28-4/h8-15,28,30H,7,16-17H2,1-6H3,(H2,29,31,32,33). The van der Waals surface area contributed by atoms with Gasteiger partial charge in [0.15, 0.2) is 5.82 Å². The van der Waals surface area contributed by atoms with E-state index in [0.29, 0.717) is 23.4 Å². The molecule has 0 atom stereocenters. The number of hydrogen-bond donors (Lipinski definition) is 4. The minimum absolute atomic E-state index is 0.122. The van der Waals surface area contributed by atoms with Crippen LogP contribution in [0.2, 0.25) is 5.02 Å². The van der Waals surface area contributed by atoms with Crippen molar-refractivity contribution in [1.29, 1.82) is 0 Å². The number of rotatable bonds is 13. The van der Waals surface area contributed by atoms with Crippen LogP contribution in [0.25, 0.3) is 0 Å². The molecule has 0 aliphatic rings. The third-order valence-electron chi connectivity index (χ3n) is 5.14. The minimum atomic E-state index is 0.122. The van der Waals surface area contributed by atoms with Crippen molar-refractivity contribution >= 4 is 52.4 Å². The number of nitrogens with zero attached hydrogens (tertiary/aromatic N) is 3. The van der Waals surface area contributed by atoms with Crippen molar-refractivity contribution in [3.8, 4) is 5.75 Å². The first-order valence-electron chi connectivity index (χ1n) is 11.9. The Morgan fingerprint density at radius 2 is 1.86 bits per heavy atom. The zero-order chi connectivity index (χ0) is 26.1. The summed E-state index contributed by atoms with van der Waals surface area (Å²) in [6.07, 6.45) is 1.58. The molecule has 0 saturated heterocycles. The number of benzene rings is 2. The lowest BCUT2D eigenvalue weighted by Crippen LogP contribution is -2.34. The molecule has 3 rings (SSSR count). The van der Waals surface area contributed by atoms with Gasteiger partial charge in [-0.05, 0) is 69.7 Å². The second-order valence-corrected chi connectivity index (χ2v) is 10.8. The summed E-state index contributed by atoms with van der Waals surface area (Å²) in [6, 6.07) is 13.9. The molecule has 1 aromatic heterocycles. The quantitative estimate of drug-likeness (QED) is 0.192. The first-order valence-corrected chi connectivity index (χ1v) is 13.0. The van der Waals surface area contributed by atoms with Gasteiger partial charge in [-0.3, -0.25) is 4.72 Å². The molecule has 3 aromatic rings. The highest BCUT2D eigenvalue weighted by atomic mass is 35.5. The summed E-state index contributed by atoms with van der Waals surface area (Å²) >= 11 is 7.92. The molecule has 0 aliphatic carbocycles. The van der Waals surface area contributed by atoms with Gasteiger partial charge in [-0.15, -0.1) is 0 Å². The summed E-state index contributed by atoms with van der Waals surface area (Å²) in [5, 5.41) is 10.6. The van der Waals surface area contributed by atoms with E-state index in [2.05, 4.69) is 63.5 Å². The smallest absolute Gasteiger partial charge is 0.229 e. The molecule has 0 unspecified atom stereocenters. The lowest BCUT2D eigenvalue weighted by atomic mass is 9.93. The molecule has 194 valence electrons. The molecular weight excluding hydrogens is 494 g/mol. The fraction of sp³-hybridized carbons (Fsp3) is 0.385. The normalized spacial score (nSPS) is 11.4. The van der Waals surface area contributed by atoms with Gasteiger partial charge in [0.05, 0.1) is 24.2 Å². The van der Waals surface area contributed by atoms with Crippen LogP contribution in [-0.2, 0) is 0 Å². The Balaban J connectivity index is 1.78. The highest BCUT2D eigenvalue weighted by Crippen LogP contribution is 2.33. The molecule has 0 aliphatic heterocycles. The van der Waals surface area contributed by atoms with E-state index < -0.39 is 0 Å². The molecule has 4 N–H and O–H groups in total. The van der Waals surface area contributed by atoms with Crippen LogP contribution in [0.5, 0.6) is 5.75 Å². The number of hydrogen-bond acceptors (Lipinski definition) is 9. The first kappa shape index (κ1) is 27.9. The molecule has 1 heterocycles. The van der Waals surface area contributed by atoms with E-state index in [1.54, 1.807) is 6.20 Å². The average molecular weight is 530 g/mol. The zero-order valence-electron chi connectivity index (χ0n) is 21.8. The van der Waals surface area contributed by atoms with Gasteiger partial charge >= 0.3 is 0 Å². The third kappa shape index (κ3) is 8.16. The van der Waals surface area contributed by atoms with Crippen molar-refractivity contribution in [2.45, 2.75) is 25.7 Å². The number of nitrogens with one attached hydrogen (secondary N) is 4. The highest BCUT2D eigenvalue weighted by Gasteiger charge is 2.19. The summed E-state index contributed by atoms with van der Waals surface area (Å²) in [6.45, 7) is 8.83.